The molecule has 1 spiro atoms. The zero-order valence-corrected chi connectivity index (χ0v) is 24.6. The largest absolute Gasteiger partial charge is 0.462 e. The van der Waals surface area contributed by atoms with Crippen molar-refractivity contribution >= 4 is 17.7 Å². The molecule has 5 aliphatic rings. The highest BCUT2D eigenvalue weighted by atomic mass is 16.5. The van der Waals surface area contributed by atoms with Crippen LogP contribution in [0.4, 0.5) is 0 Å². The van der Waals surface area contributed by atoms with Gasteiger partial charge < -0.3 is 19.7 Å². The van der Waals surface area contributed by atoms with E-state index in [-0.39, 0.29) is 59.8 Å². The highest BCUT2D eigenvalue weighted by Gasteiger charge is 2.72. The Labute approximate surface area is 232 Å². The first-order chi connectivity index (χ1) is 18.1. The third kappa shape index (κ3) is 3.85. The van der Waals surface area contributed by atoms with Gasteiger partial charge in [0, 0.05) is 37.5 Å². The number of esters is 2. The van der Waals surface area contributed by atoms with Crippen LogP contribution >= 0.6 is 0 Å². The molecule has 10 atom stereocenters. The Kier molecular flexibility index (Phi) is 6.78. The lowest BCUT2D eigenvalue weighted by atomic mass is 9.46. The van der Waals surface area contributed by atoms with Gasteiger partial charge in [-0.15, -0.1) is 0 Å². The average molecular weight is 543 g/mol. The molecule has 0 amide bonds. The topological polar surface area (TPSA) is 110 Å². The predicted octanol–water partition coefficient (Wildman–Crippen LogP) is 4.69. The van der Waals surface area contributed by atoms with E-state index in [4.69, 9.17) is 9.47 Å². The van der Waals surface area contributed by atoms with E-state index >= 15 is 0 Å². The summed E-state index contributed by atoms with van der Waals surface area (Å²) in [5, 5.41) is 24.3. The summed E-state index contributed by atoms with van der Waals surface area (Å²) < 4.78 is 11.4. The van der Waals surface area contributed by atoms with Crippen LogP contribution in [0.25, 0.3) is 0 Å². The van der Waals surface area contributed by atoms with Crippen molar-refractivity contribution in [1.29, 1.82) is 0 Å². The highest BCUT2D eigenvalue weighted by molar-refractivity contribution is 5.96. The first-order valence-electron chi connectivity index (χ1n) is 14.9. The standard InChI is InChI=1S/C32H46O7/c1-17(2)18(3)28(39-21(6)34)23-15-30-16-27(35)32(37)26(25(30)9-8-24(30)19(23)4)11-13-31(36)14-22(38-20(5)33)10-12-29(31,32)7/h11,13,17-19,22-24,28,36-37H,8-10,12,14-16H2,1-7H3. The lowest BCUT2D eigenvalue weighted by molar-refractivity contribution is -0.204. The molecule has 0 aliphatic heterocycles. The quantitative estimate of drug-likeness (QED) is 0.485. The fraction of sp³-hybridized carbons (Fsp3) is 0.781. The summed E-state index contributed by atoms with van der Waals surface area (Å²) in [5.74, 6) is 0.308. The lowest BCUT2D eigenvalue weighted by Crippen LogP contribution is -2.70. The van der Waals surface area contributed by atoms with Crippen molar-refractivity contribution in [1.82, 2.24) is 0 Å². The molecule has 10 unspecified atom stereocenters. The van der Waals surface area contributed by atoms with Crippen molar-refractivity contribution in [3.8, 4) is 0 Å². The summed E-state index contributed by atoms with van der Waals surface area (Å²) in [7, 11) is 0. The summed E-state index contributed by atoms with van der Waals surface area (Å²) in [6.07, 6.45) is 6.62. The molecule has 7 heteroatoms. The van der Waals surface area contributed by atoms with E-state index in [1.54, 1.807) is 12.2 Å². The summed E-state index contributed by atoms with van der Waals surface area (Å²) in [4.78, 5) is 38.1. The molecule has 3 fully saturated rings. The van der Waals surface area contributed by atoms with Gasteiger partial charge in [0.25, 0.3) is 0 Å². The number of aliphatic hydroxyl groups is 2. The molecule has 5 aliphatic carbocycles. The Morgan fingerprint density at radius 1 is 1.08 bits per heavy atom. The molecule has 0 radical (unpaired) electrons. The van der Waals surface area contributed by atoms with Gasteiger partial charge in [0.1, 0.15) is 12.2 Å². The number of ketones is 1. The number of hydrogen-bond acceptors (Lipinski definition) is 7. The van der Waals surface area contributed by atoms with Gasteiger partial charge in [0.2, 0.25) is 0 Å². The van der Waals surface area contributed by atoms with Crippen LogP contribution < -0.4 is 0 Å². The van der Waals surface area contributed by atoms with Crippen molar-refractivity contribution in [2.75, 3.05) is 0 Å². The van der Waals surface area contributed by atoms with Crippen LogP contribution in [0, 0.1) is 40.4 Å². The molecule has 39 heavy (non-hydrogen) atoms. The molecule has 7 nitrogen and oxygen atoms in total. The number of ether oxygens (including phenoxy) is 2. The van der Waals surface area contributed by atoms with Gasteiger partial charge in [-0.3, -0.25) is 14.4 Å². The highest BCUT2D eigenvalue weighted by Crippen LogP contribution is 2.71. The summed E-state index contributed by atoms with van der Waals surface area (Å²) >= 11 is 0. The number of allylic oxidation sites excluding steroid dienone is 1. The number of carbonyl (C=O) groups excluding carboxylic acids is 3. The molecular weight excluding hydrogens is 496 g/mol. The van der Waals surface area contributed by atoms with Crippen molar-refractivity contribution in [2.24, 2.45) is 40.4 Å². The third-order valence-corrected chi connectivity index (χ3v) is 11.9. The van der Waals surface area contributed by atoms with Crippen LogP contribution in [0.5, 0.6) is 0 Å². The van der Waals surface area contributed by atoms with Gasteiger partial charge in [-0.2, -0.15) is 0 Å². The normalized spacial score (nSPS) is 44.3. The molecule has 3 saturated carbocycles. The zero-order chi connectivity index (χ0) is 28.7. The third-order valence-electron chi connectivity index (χ3n) is 11.9. The van der Waals surface area contributed by atoms with Gasteiger partial charge in [-0.05, 0) is 67.3 Å². The summed E-state index contributed by atoms with van der Waals surface area (Å²) in [6.45, 7) is 13.4. The second kappa shape index (κ2) is 9.27. The maximum Gasteiger partial charge on any atom is 0.302 e. The molecule has 0 saturated heterocycles. The molecule has 2 N–H and O–H groups in total. The van der Waals surface area contributed by atoms with E-state index in [1.807, 2.05) is 6.92 Å². The minimum absolute atomic E-state index is 0.130. The molecule has 216 valence electrons. The molecule has 0 heterocycles. The summed E-state index contributed by atoms with van der Waals surface area (Å²) in [6, 6.07) is 0. The Morgan fingerprint density at radius 2 is 1.77 bits per heavy atom. The molecule has 5 rings (SSSR count). The van der Waals surface area contributed by atoms with Crippen molar-refractivity contribution in [3.63, 3.8) is 0 Å². The molecule has 0 bridgehead atoms. The van der Waals surface area contributed by atoms with Crippen molar-refractivity contribution < 1.29 is 34.1 Å². The monoisotopic (exact) mass is 542 g/mol. The van der Waals surface area contributed by atoms with Gasteiger partial charge >= 0.3 is 11.9 Å². The number of fused-ring (bicyclic) bond motifs is 3. The van der Waals surface area contributed by atoms with Gasteiger partial charge in [0.15, 0.2) is 11.4 Å². The molecule has 0 aromatic rings. The SMILES string of the molecule is CC(=O)OC1CCC2(C)C(O)(C=CC3=C4CCC5C(C)C(C(OC(C)=O)C(C)C(C)C)CC45CC(=O)C32O)C1. The fourth-order valence-electron chi connectivity index (χ4n) is 9.53. The van der Waals surface area contributed by atoms with Gasteiger partial charge in [-0.1, -0.05) is 52.3 Å². The minimum Gasteiger partial charge on any atom is -0.462 e. The summed E-state index contributed by atoms with van der Waals surface area (Å²) in [5.41, 5.74) is -2.92. The van der Waals surface area contributed by atoms with Crippen LogP contribution in [-0.2, 0) is 23.9 Å². The Hall–Kier alpha value is -1.99. The number of rotatable bonds is 5. The maximum absolute atomic E-state index is 14.3. The molecule has 0 aromatic carbocycles. The maximum atomic E-state index is 14.3. The van der Waals surface area contributed by atoms with Crippen LogP contribution in [-0.4, -0.2) is 51.3 Å². The first kappa shape index (κ1) is 28.5. The van der Waals surface area contributed by atoms with Crippen LogP contribution in [0.3, 0.4) is 0 Å². The Morgan fingerprint density at radius 3 is 2.38 bits per heavy atom. The van der Waals surface area contributed by atoms with E-state index in [0.29, 0.717) is 24.3 Å². The lowest BCUT2D eigenvalue weighted by Gasteiger charge is -2.61. The van der Waals surface area contributed by atoms with Gasteiger partial charge in [-0.25, -0.2) is 0 Å². The minimum atomic E-state index is -1.80. The van der Waals surface area contributed by atoms with E-state index in [1.165, 1.54) is 13.8 Å². The zero-order valence-electron chi connectivity index (χ0n) is 24.6. The fourth-order valence-corrected chi connectivity index (χ4v) is 9.53. The number of Topliss-reactive ketones (excluding diaryl/α,β-unsaturated/α-hetero) is 1. The Bertz CT molecular complexity index is 1140. The van der Waals surface area contributed by atoms with Crippen molar-refractivity contribution in [2.45, 2.75) is 117 Å². The molecule has 0 aromatic heterocycles. The van der Waals surface area contributed by atoms with Crippen LogP contribution in [0.15, 0.2) is 23.3 Å². The van der Waals surface area contributed by atoms with Gasteiger partial charge in [0.05, 0.1) is 5.60 Å². The average Bonchev–Trinajstić information content (AvgIpc) is 3.32. The smallest absolute Gasteiger partial charge is 0.302 e. The van der Waals surface area contributed by atoms with Crippen molar-refractivity contribution in [3.05, 3.63) is 23.3 Å². The Balaban J connectivity index is 1.57. The van der Waals surface area contributed by atoms with E-state index in [9.17, 15) is 24.6 Å². The second-order valence-electron chi connectivity index (χ2n) is 14.0. The van der Waals surface area contributed by atoms with E-state index in [2.05, 4.69) is 27.7 Å². The first-order valence-corrected chi connectivity index (χ1v) is 14.9. The van der Waals surface area contributed by atoms with E-state index in [0.717, 1.165) is 24.8 Å². The van der Waals surface area contributed by atoms with Crippen LogP contribution in [0.1, 0.15) is 93.4 Å². The van der Waals surface area contributed by atoms with Crippen LogP contribution in [0.2, 0.25) is 0 Å². The predicted molar refractivity (Wildman–Crippen MR) is 145 cm³/mol. The molecular formula is C32H46O7. The van der Waals surface area contributed by atoms with E-state index < -0.39 is 28.7 Å². The number of carbonyl (C=O) groups is 3. The number of hydrogen-bond donors (Lipinski definition) is 2. The second-order valence-corrected chi connectivity index (χ2v) is 14.0.